The number of nitrogens with one attached hydrogen (secondary N) is 3. The molecule has 4 heteroatoms. The standard InChI is InChI=1S/C15H16N4/c1-2-4-13-11(3-1)12-5-6-17-14(15(12)19-13)7-10-8-16-9-18-10/h1-4,8-9,14,17,19H,5-7H2,(H,16,18)/t14-/m0/s1. The van der Waals surface area contributed by atoms with Crippen molar-refractivity contribution in [2.45, 2.75) is 18.9 Å². The second kappa shape index (κ2) is 4.24. The van der Waals surface area contributed by atoms with Gasteiger partial charge in [0, 0.05) is 34.9 Å². The molecule has 0 amide bonds. The zero-order chi connectivity index (χ0) is 12.7. The van der Waals surface area contributed by atoms with E-state index in [0.717, 1.165) is 19.4 Å². The van der Waals surface area contributed by atoms with Gasteiger partial charge in [-0.15, -0.1) is 0 Å². The second-order valence-electron chi connectivity index (χ2n) is 5.10. The number of imidazole rings is 1. The van der Waals surface area contributed by atoms with E-state index in [1.165, 1.54) is 27.9 Å². The number of aromatic amines is 2. The molecule has 19 heavy (non-hydrogen) atoms. The summed E-state index contributed by atoms with van der Waals surface area (Å²) in [6, 6.07) is 8.91. The molecule has 0 saturated heterocycles. The Kier molecular flexibility index (Phi) is 2.42. The van der Waals surface area contributed by atoms with Crippen LogP contribution in [0.15, 0.2) is 36.8 Å². The highest BCUT2D eigenvalue weighted by Gasteiger charge is 2.24. The molecular formula is C15H16N4. The van der Waals surface area contributed by atoms with E-state index in [1.807, 2.05) is 6.20 Å². The molecule has 0 unspecified atom stereocenters. The Hall–Kier alpha value is -2.07. The number of para-hydroxylation sites is 1. The minimum Gasteiger partial charge on any atom is -0.357 e. The van der Waals surface area contributed by atoms with Crippen LogP contribution in [0.1, 0.15) is 23.0 Å². The Morgan fingerprint density at radius 3 is 3.11 bits per heavy atom. The predicted octanol–water partition coefficient (Wildman–Crippen LogP) is 2.32. The molecular weight excluding hydrogens is 236 g/mol. The number of hydrogen-bond acceptors (Lipinski definition) is 2. The van der Waals surface area contributed by atoms with Gasteiger partial charge in [0.05, 0.1) is 12.4 Å². The first-order valence-electron chi connectivity index (χ1n) is 6.72. The van der Waals surface area contributed by atoms with Crippen LogP contribution in [0.5, 0.6) is 0 Å². The molecule has 1 aliphatic heterocycles. The van der Waals surface area contributed by atoms with E-state index in [4.69, 9.17) is 0 Å². The third kappa shape index (κ3) is 1.76. The lowest BCUT2D eigenvalue weighted by Crippen LogP contribution is -2.31. The van der Waals surface area contributed by atoms with Crippen molar-refractivity contribution in [1.29, 1.82) is 0 Å². The first kappa shape index (κ1) is 10.8. The average molecular weight is 252 g/mol. The molecule has 1 atom stereocenters. The van der Waals surface area contributed by atoms with E-state index in [0.29, 0.717) is 6.04 Å². The van der Waals surface area contributed by atoms with Gasteiger partial charge in [-0.1, -0.05) is 18.2 Å². The van der Waals surface area contributed by atoms with Crippen molar-refractivity contribution in [3.05, 3.63) is 53.7 Å². The summed E-state index contributed by atoms with van der Waals surface area (Å²) in [5, 5.41) is 4.96. The number of hydrogen-bond donors (Lipinski definition) is 3. The predicted molar refractivity (Wildman–Crippen MR) is 75.0 cm³/mol. The first-order chi connectivity index (χ1) is 9.42. The van der Waals surface area contributed by atoms with Gasteiger partial charge in [0.25, 0.3) is 0 Å². The SMILES string of the molecule is c1ccc2c3c([nH]c2c1)[C@H](Cc1cnc[nH]1)NCC3. The van der Waals surface area contributed by atoms with E-state index >= 15 is 0 Å². The third-order valence-electron chi connectivity index (χ3n) is 3.94. The Morgan fingerprint density at radius 2 is 2.21 bits per heavy atom. The fourth-order valence-corrected chi connectivity index (χ4v) is 3.05. The van der Waals surface area contributed by atoms with E-state index in [2.05, 4.69) is 44.5 Å². The summed E-state index contributed by atoms with van der Waals surface area (Å²) in [6.45, 7) is 1.04. The molecule has 4 nitrogen and oxygen atoms in total. The van der Waals surface area contributed by atoms with Gasteiger partial charge in [-0.05, 0) is 24.6 Å². The minimum absolute atomic E-state index is 0.344. The Morgan fingerprint density at radius 1 is 1.26 bits per heavy atom. The van der Waals surface area contributed by atoms with E-state index in [1.54, 1.807) is 6.33 Å². The Balaban J connectivity index is 1.77. The number of aromatic nitrogens is 3. The number of H-pyrrole nitrogens is 2. The van der Waals surface area contributed by atoms with Crippen LogP contribution in [0.4, 0.5) is 0 Å². The zero-order valence-corrected chi connectivity index (χ0v) is 10.6. The number of benzene rings is 1. The maximum Gasteiger partial charge on any atom is 0.0921 e. The van der Waals surface area contributed by atoms with Crippen molar-refractivity contribution in [1.82, 2.24) is 20.3 Å². The van der Waals surface area contributed by atoms with Crippen molar-refractivity contribution in [2.24, 2.45) is 0 Å². The van der Waals surface area contributed by atoms with Gasteiger partial charge in [-0.25, -0.2) is 4.98 Å². The molecule has 1 aliphatic rings. The van der Waals surface area contributed by atoms with Crippen LogP contribution in [0.2, 0.25) is 0 Å². The summed E-state index contributed by atoms with van der Waals surface area (Å²) in [5.41, 5.74) is 5.22. The molecule has 0 radical (unpaired) electrons. The lowest BCUT2D eigenvalue weighted by Gasteiger charge is -2.23. The summed E-state index contributed by atoms with van der Waals surface area (Å²) in [6.07, 6.45) is 5.68. The van der Waals surface area contributed by atoms with Gasteiger partial charge < -0.3 is 15.3 Å². The molecule has 2 aromatic heterocycles. The molecule has 0 fully saturated rings. The normalized spacial score (nSPS) is 18.6. The summed E-state index contributed by atoms with van der Waals surface area (Å²) < 4.78 is 0. The van der Waals surface area contributed by atoms with Gasteiger partial charge in [-0.3, -0.25) is 0 Å². The summed E-state index contributed by atoms with van der Waals surface area (Å²) in [4.78, 5) is 10.9. The minimum atomic E-state index is 0.344. The monoisotopic (exact) mass is 252 g/mol. The van der Waals surface area contributed by atoms with Crippen LogP contribution in [-0.4, -0.2) is 21.5 Å². The highest BCUT2D eigenvalue weighted by molar-refractivity contribution is 5.85. The molecule has 3 heterocycles. The van der Waals surface area contributed by atoms with Crippen molar-refractivity contribution in [2.75, 3.05) is 6.54 Å². The topological polar surface area (TPSA) is 56.5 Å². The highest BCUT2D eigenvalue weighted by Crippen LogP contribution is 2.31. The first-order valence-corrected chi connectivity index (χ1v) is 6.72. The van der Waals surface area contributed by atoms with Crippen LogP contribution >= 0.6 is 0 Å². The summed E-state index contributed by atoms with van der Waals surface area (Å²) >= 11 is 0. The zero-order valence-electron chi connectivity index (χ0n) is 10.6. The van der Waals surface area contributed by atoms with Crippen molar-refractivity contribution in [3.8, 4) is 0 Å². The largest absolute Gasteiger partial charge is 0.357 e. The molecule has 0 spiro atoms. The van der Waals surface area contributed by atoms with E-state index in [9.17, 15) is 0 Å². The fraction of sp³-hybridized carbons (Fsp3) is 0.267. The van der Waals surface area contributed by atoms with E-state index in [-0.39, 0.29) is 0 Å². The van der Waals surface area contributed by atoms with Crippen molar-refractivity contribution < 1.29 is 0 Å². The highest BCUT2D eigenvalue weighted by atomic mass is 15.0. The molecule has 0 bridgehead atoms. The molecule has 3 N–H and O–H groups in total. The van der Waals surface area contributed by atoms with Crippen LogP contribution < -0.4 is 5.32 Å². The molecule has 96 valence electrons. The summed E-state index contributed by atoms with van der Waals surface area (Å²) in [7, 11) is 0. The lowest BCUT2D eigenvalue weighted by molar-refractivity contribution is 0.491. The van der Waals surface area contributed by atoms with Gasteiger partial charge in [-0.2, -0.15) is 0 Å². The quantitative estimate of drug-likeness (QED) is 0.655. The number of fused-ring (bicyclic) bond motifs is 3. The third-order valence-corrected chi connectivity index (χ3v) is 3.94. The molecule has 0 saturated carbocycles. The number of rotatable bonds is 2. The Bertz CT molecular complexity index is 696. The maximum absolute atomic E-state index is 4.09. The van der Waals surface area contributed by atoms with Crippen molar-refractivity contribution in [3.63, 3.8) is 0 Å². The molecule has 4 rings (SSSR count). The van der Waals surface area contributed by atoms with Gasteiger partial charge in [0.15, 0.2) is 0 Å². The molecule has 0 aliphatic carbocycles. The van der Waals surface area contributed by atoms with E-state index < -0.39 is 0 Å². The van der Waals surface area contributed by atoms with Crippen LogP contribution in [0.3, 0.4) is 0 Å². The smallest absolute Gasteiger partial charge is 0.0921 e. The fourth-order valence-electron chi connectivity index (χ4n) is 3.05. The maximum atomic E-state index is 4.09. The lowest BCUT2D eigenvalue weighted by atomic mass is 9.96. The van der Waals surface area contributed by atoms with Gasteiger partial charge in [0.2, 0.25) is 0 Å². The van der Waals surface area contributed by atoms with Gasteiger partial charge >= 0.3 is 0 Å². The van der Waals surface area contributed by atoms with Crippen LogP contribution in [0, 0.1) is 0 Å². The molecule has 1 aromatic carbocycles. The number of nitrogens with zero attached hydrogens (tertiary/aromatic N) is 1. The van der Waals surface area contributed by atoms with Crippen molar-refractivity contribution >= 4 is 10.9 Å². The summed E-state index contributed by atoms with van der Waals surface area (Å²) in [5.74, 6) is 0. The van der Waals surface area contributed by atoms with Crippen LogP contribution in [-0.2, 0) is 12.8 Å². The van der Waals surface area contributed by atoms with Crippen LogP contribution in [0.25, 0.3) is 10.9 Å². The Labute approximate surface area is 111 Å². The second-order valence-corrected chi connectivity index (χ2v) is 5.10. The van der Waals surface area contributed by atoms with Gasteiger partial charge in [0.1, 0.15) is 0 Å². The molecule has 3 aromatic rings. The average Bonchev–Trinajstić information content (AvgIpc) is 3.06.